The van der Waals surface area contributed by atoms with Crippen LogP contribution in [0.3, 0.4) is 0 Å². The summed E-state index contributed by atoms with van der Waals surface area (Å²) >= 11 is 0. The highest BCUT2D eigenvalue weighted by molar-refractivity contribution is 5.25. The molecule has 0 aliphatic rings. The summed E-state index contributed by atoms with van der Waals surface area (Å²) in [6.45, 7) is 10.4. The molecule has 1 aromatic heterocycles. The van der Waals surface area contributed by atoms with Gasteiger partial charge >= 0.3 is 6.18 Å². The van der Waals surface area contributed by atoms with Crippen LogP contribution in [0.1, 0.15) is 44.6 Å². The van der Waals surface area contributed by atoms with Gasteiger partial charge in [0.05, 0.1) is 0 Å². The maximum absolute atomic E-state index is 12.8. The van der Waals surface area contributed by atoms with Crippen LogP contribution in [0, 0.1) is 19.7 Å². The van der Waals surface area contributed by atoms with Crippen molar-refractivity contribution < 1.29 is 17.6 Å². The summed E-state index contributed by atoms with van der Waals surface area (Å²) in [6, 6.07) is 0.977. The SMILES string of the molecule is CC.CC.Cc1cc(F)c(C)c(C(F)(F)F)n1. The van der Waals surface area contributed by atoms with Crippen LogP contribution < -0.4 is 0 Å². The highest BCUT2D eigenvalue weighted by atomic mass is 19.4. The quantitative estimate of drug-likeness (QED) is 0.599. The van der Waals surface area contributed by atoms with Crippen LogP contribution in [0.15, 0.2) is 6.07 Å². The largest absolute Gasteiger partial charge is 0.433 e. The van der Waals surface area contributed by atoms with E-state index in [0.29, 0.717) is 0 Å². The third kappa shape index (κ3) is 5.65. The number of aromatic nitrogens is 1. The zero-order valence-corrected chi connectivity index (χ0v) is 11.0. The van der Waals surface area contributed by atoms with E-state index < -0.39 is 23.3 Å². The third-order valence-corrected chi connectivity index (χ3v) is 1.61. The van der Waals surface area contributed by atoms with Gasteiger partial charge in [0.15, 0.2) is 5.69 Å². The minimum atomic E-state index is -4.59. The van der Waals surface area contributed by atoms with Crippen molar-refractivity contribution in [2.45, 2.75) is 47.7 Å². The highest BCUT2D eigenvalue weighted by Gasteiger charge is 2.35. The first-order valence-electron chi connectivity index (χ1n) is 5.53. The lowest BCUT2D eigenvalue weighted by Gasteiger charge is -2.10. The maximum Gasteiger partial charge on any atom is 0.433 e. The van der Waals surface area contributed by atoms with Gasteiger partial charge in [0.2, 0.25) is 0 Å². The van der Waals surface area contributed by atoms with Gasteiger partial charge in [-0.1, -0.05) is 27.7 Å². The number of pyridine rings is 1. The Kier molecular flexibility index (Phi) is 8.62. The molecule has 1 nitrogen and oxygen atoms in total. The Morgan fingerprint density at radius 3 is 1.76 bits per heavy atom. The fourth-order valence-electron chi connectivity index (χ4n) is 0.973. The van der Waals surface area contributed by atoms with Crippen molar-refractivity contribution in [1.82, 2.24) is 4.98 Å². The molecule has 0 saturated carbocycles. The molecular weight excluding hydrogens is 234 g/mol. The Morgan fingerprint density at radius 1 is 1.00 bits per heavy atom. The second kappa shape index (κ2) is 8.03. The zero-order chi connectivity index (χ0) is 14.2. The average molecular weight is 253 g/mol. The maximum atomic E-state index is 12.8. The van der Waals surface area contributed by atoms with E-state index in [4.69, 9.17) is 0 Å². The number of alkyl halides is 3. The summed E-state index contributed by atoms with van der Waals surface area (Å²) in [7, 11) is 0. The minimum Gasteiger partial charge on any atom is -0.248 e. The van der Waals surface area contributed by atoms with Gasteiger partial charge in [0.25, 0.3) is 0 Å². The molecule has 1 rings (SSSR count). The van der Waals surface area contributed by atoms with Crippen molar-refractivity contribution in [2.24, 2.45) is 0 Å². The van der Waals surface area contributed by atoms with E-state index >= 15 is 0 Å². The second-order valence-corrected chi connectivity index (χ2v) is 2.72. The van der Waals surface area contributed by atoms with E-state index in [9.17, 15) is 17.6 Å². The van der Waals surface area contributed by atoms with Crippen molar-refractivity contribution in [3.8, 4) is 0 Å². The highest BCUT2D eigenvalue weighted by Crippen LogP contribution is 2.31. The summed E-state index contributed by atoms with van der Waals surface area (Å²) in [5.41, 5.74) is -1.58. The predicted octanol–water partition coefficient (Wildman–Crippen LogP) is 4.91. The van der Waals surface area contributed by atoms with Gasteiger partial charge in [-0.15, -0.1) is 0 Å². The summed E-state index contributed by atoms with van der Waals surface area (Å²) in [4.78, 5) is 3.24. The lowest BCUT2D eigenvalue weighted by atomic mass is 10.2. The smallest absolute Gasteiger partial charge is 0.248 e. The Balaban J connectivity index is 0. The topological polar surface area (TPSA) is 12.9 Å². The van der Waals surface area contributed by atoms with E-state index in [2.05, 4.69) is 4.98 Å². The van der Waals surface area contributed by atoms with Gasteiger partial charge in [0, 0.05) is 11.3 Å². The third-order valence-electron chi connectivity index (χ3n) is 1.61. The molecule has 0 amide bonds. The number of hydrogen-bond acceptors (Lipinski definition) is 1. The molecule has 5 heteroatoms. The van der Waals surface area contributed by atoms with Crippen LogP contribution >= 0.6 is 0 Å². The van der Waals surface area contributed by atoms with Crippen LogP contribution in [-0.2, 0) is 6.18 Å². The molecule has 0 saturated heterocycles. The number of halogens is 4. The minimum absolute atomic E-state index is 0.0235. The molecule has 0 unspecified atom stereocenters. The number of rotatable bonds is 0. The Labute approximate surface area is 99.9 Å². The molecule has 100 valence electrons. The van der Waals surface area contributed by atoms with Gasteiger partial charge in [-0.3, -0.25) is 0 Å². The number of nitrogens with zero attached hydrogens (tertiary/aromatic N) is 1. The molecule has 0 aliphatic heterocycles. The summed E-state index contributed by atoms with van der Waals surface area (Å²) in [5, 5.41) is 0. The summed E-state index contributed by atoms with van der Waals surface area (Å²) in [6.07, 6.45) is -4.59. The first kappa shape index (κ1) is 18.2. The van der Waals surface area contributed by atoms with Crippen molar-refractivity contribution in [3.05, 3.63) is 28.8 Å². The number of aryl methyl sites for hydroxylation is 1. The monoisotopic (exact) mass is 253 g/mol. The van der Waals surface area contributed by atoms with Crippen LogP contribution in [0.5, 0.6) is 0 Å². The molecule has 1 aromatic rings. The molecule has 0 radical (unpaired) electrons. The van der Waals surface area contributed by atoms with Gasteiger partial charge < -0.3 is 0 Å². The van der Waals surface area contributed by atoms with Gasteiger partial charge in [-0.25, -0.2) is 9.37 Å². The molecule has 1 heterocycles. The van der Waals surface area contributed by atoms with Gasteiger partial charge in [-0.05, 0) is 19.9 Å². The Morgan fingerprint density at radius 2 is 1.41 bits per heavy atom. The van der Waals surface area contributed by atoms with E-state index in [1.807, 2.05) is 27.7 Å². The average Bonchev–Trinajstić information content (AvgIpc) is 2.27. The molecule has 0 fully saturated rings. The van der Waals surface area contributed by atoms with E-state index in [0.717, 1.165) is 13.0 Å². The molecule has 0 atom stereocenters. The van der Waals surface area contributed by atoms with Gasteiger partial charge in [-0.2, -0.15) is 13.2 Å². The standard InChI is InChI=1S/C8H7F4N.2C2H6/c1-4-3-6(9)5(2)7(13-4)8(10,11)12;2*1-2/h3H,1-2H3;2*1-2H3. The van der Waals surface area contributed by atoms with Crippen molar-refractivity contribution >= 4 is 0 Å². The molecule has 0 bridgehead atoms. The Hall–Kier alpha value is -1.13. The fraction of sp³-hybridized carbons (Fsp3) is 0.583. The lowest BCUT2D eigenvalue weighted by Crippen LogP contribution is -2.12. The second-order valence-electron chi connectivity index (χ2n) is 2.72. The molecule has 0 aliphatic carbocycles. The van der Waals surface area contributed by atoms with E-state index in [1.165, 1.54) is 6.92 Å². The number of hydrogen-bond donors (Lipinski definition) is 0. The molecule has 0 N–H and O–H groups in total. The van der Waals surface area contributed by atoms with Crippen LogP contribution in [0.25, 0.3) is 0 Å². The van der Waals surface area contributed by atoms with Crippen LogP contribution in [0.4, 0.5) is 17.6 Å². The molecule has 0 spiro atoms. The van der Waals surface area contributed by atoms with Crippen LogP contribution in [-0.4, -0.2) is 4.98 Å². The normalized spacial score (nSPS) is 9.76. The molecular formula is C12H19F4N. The molecule has 17 heavy (non-hydrogen) atoms. The molecule has 0 aromatic carbocycles. The first-order valence-corrected chi connectivity index (χ1v) is 5.53. The van der Waals surface area contributed by atoms with Crippen molar-refractivity contribution in [3.63, 3.8) is 0 Å². The first-order chi connectivity index (χ1) is 7.82. The predicted molar refractivity (Wildman–Crippen MR) is 61.4 cm³/mol. The fourth-order valence-corrected chi connectivity index (χ4v) is 0.973. The van der Waals surface area contributed by atoms with Crippen molar-refractivity contribution in [1.29, 1.82) is 0 Å². The van der Waals surface area contributed by atoms with Gasteiger partial charge in [0.1, 0.15) is 5.82 Å². The lowest BCUT2D eigenvalue weighted by molar-refractivity contribution is -0.142. The van der Waals surface area contributed by atoms with E-state index in [-0.39, 0.29) is 5.69 Å². The van der Waals surface area contributed by atoms with Crippen LogP contribution in [0.2, 0.25) is 0 Å². The summed E-state index contributed by atoms with van der Waals surface area (Å²) < 4.78 is 49.4. The Bertz CT molecular complexity index is 332. The van der Waals surface area contributed by atoms with E-state index in [1.54, 1.807) is 0 Å². The summed E-state index contributed by atoms with van der Waals surface area (Å²) in [5.74, 6) is -0.875. The van der Waals surface area contributed by atoms with Crippen molar-refractivity contribution in [2.75, 3.05) is 0 Å². The zero-order valence-electron chi connectivity index (χ0n) is 11.0.